The highest BCUT2D eigenvalue weighted by Gasteiger charge is 2.25. The minimum Gasteiger partial charge on any atom is -0.382 e. The first-order valence-electron chi connectivity index (χ1n) is 9.80. The third-order valence-electron chi connectivity index (χ3n) is 4.87. The second-order valence-electron chi connectivity index (χ2n) is 7.17. The van der Waals surface area contributed by atoms with Crippen molar-refractivity contribution < 1.29 is 9.47 Å². The summed E-state index contributed by atoms with van der Waals surface area (Å²) in [6.45, 7) is 12.4. The number of methoxy groups -OCH3 is 1. The van der Waals surface area contributed by atoms with Crippen LogP contribution in [0.1, 0.15) is 37.3 Å². The van der Waals surface area contributed by atoms with Gasteiger partial charge in [0, 0.05) is 45.1 Å². The van der Waals surface area contributed by atoms with Crippen LogP contribution in [0.25, 0.3) is 0 Å². The molecule has 2 unspecified atom stereocenters. The number of nitrogens with zero attached hydrogens (tertiary/aromatic N) is 2. The first-order chi connectivity index (χ1) is 12.6. The van der Waals surface area contributed by atoms with Gasteiger partial charge in [0.05, 0.1) is 19.8 Å². The molecule has 1 aromatic carbocycles. The summed E-state index contributed by atoms with van der Waals surface area (Å²) >= 11 is 0. The molecule has 6 heteroatoms. The van der Waals surface area contributed by atoms with Crippen molar-refractivity contribution in [2.45, 2.75) is 33.1 Å². The smallest absolute Gasteiger partial charge is 0.193 e. The summed E-state index contributed by atoms with van der Waals surface area (Å²) < 4.78 is 10.7. The first kappa shape index (κ1) is 24.2. The third kappa shape index (κ3) is 8.35. The number of halogens is 1. The van der Waals surface area contributed by atoms with E-state index < -0.39 is 0 Å². The molecule has 0 bridgehead atoms. The summed E-state index contributed by atoms with van der Waals surface area (Å²) in [5, 5.41) is 3.45. The van der Waals surface area contributed by atoms with Gasteiger partial charge in [-0.2, -0.15) is 0 Å². The molecule has 1 saturated heterocycles. The van der Waals surface area contributed by atoms with Crippen LogP contribution in [0.15, 0.2) is 29.3 Å². The van der Waals surface area contributed by atoms with Crippen LogP contribution >= 0.6 is 24.0 Å². The summed E-state index contributed by atoms with van der Waals surface area (Å²) in [5.74, 6) is 2.02. The number of guanidine groups is 1. The molecule has 2 atom stereocenters. The lowest BCUT2D eigenvalue weighted by molar-refractivity contribution is 0.0536. The Morgan fingerprint density at radius 1 is 1.30 bits per heavy atom. The summed E-state index contributed by atoms with van der Waals surface area (Å²) in [4.78, 5) is 7.28. The molecular formula is C21H36IN3O2. The quantitative estimate of drug-likeness (QED) is 0.249. The maximum Gasteiger partial charge on any atom is 0.193 e. The van der Waals surface area contributed by atoms with Crippen molar-refractivity contribution in [3.05, 3.63) is 35.4 Å². The van der Waals surface area contributed by atoms with Gasteiger partial charge >= 0.3 is 0 Å². The molecule has 0 saturated carbocycles. The monoisotopic (exact) mass is 489 g/mol. The largest absolute Gasteiger partial charge is 0.382 e. The maximum atomic E-state index is 5.70. The molecule has 1 aromatic rings. The third-order valence-corrected chi connectivity index (χ3v) is 4.87. The SMILES string of the molecule is CCNC(=NCC(C)c1ccc(C)cc1)N1CCC(COCCOC)C1.I. The number of likely N-dealkylation sites (tertiary alicyclic amines) is 1. The fourth-order valence-corrected chi connectivity index (χ4v) is 3.20. The van der Waals surface area contributed by atoms with Crippen LogP contribution in [0, 0.1) is 12.8 Å². The Morgan fingerprint density at radius 3 is 2.70 bits per heavy atom. The molecular weight excluding hydrogens is 453 g/mol. The molecule has 1 heterocycles. The predicted octanol–water partition coefficient (Wildman–Crippen LogP) is 3.67. The number of hydrogen-bond acceptors (Lipinski definition) is 3. The lowest BCUT2D eigenvalue weighted by Crippen LogP contribution is -2.40. The molecule has 154 valence electrons. The van der Waals surface area contributed by atoms with E-state index in [1.54, 1.807) is 7.11 Å². The Balaban J connectivity index is 0.00000364. The van der Waals surface area contributed by atoms with E-state index in [0.717, 1.165) is 45.2 Å². The molecule has 1 aliphatic rings. The van der Waals surface area contributed by atoms with Gasteiger partial charge in [-0.05, 0) is 25.8 Å². The fraction of sp³-hybridized carbons (Fsp3) is 0.667. The van der Waals surface area contributed by atoms with Gasteiger partial charge in [-0.15, -0.1) is 24.0 Å². The highest BCUT2D eigenvalue weighted by molar-refractivity contribution is 14.0. The number of nitrogens with one attached hydrogen (secondary N) is 1. The standard InChI is InChI=1S/C21H35N3O2.HI/c1-5-22-21(23-14-18(3)20-8-6-17(2)7-9-20)24-11-10-19(15-24)16-26-13-12-25-4;/h6-9,18-19H,5,10-16H2,1-4H3,(H,22,23);1H. The average Bonchev–Trinajstić information content (AvgIpc) is 3.11. The number of hydrogen-bond donors (Lipinski definition) is 1. The second kappa shape index (κ2) is 13.3. The van der Waals surface area contributed by atoms with Crippen LogP contribution < -0.4 is 5.32 Å². The fourth-order valence-electron chi connectivity index (χ4n) is 3.20. The van der Waals surface area contributed by atoms with Crippen molar-refractivity contribution in [1.82, 2.24) is 10.2 Å². The molecule has 0 spiro atoms. The second-order valence-corrected chi connectivity index (χ2v) is 7.17. The Bertz CT molecular complexity index is 551. The van der Waals surface area contributed by atoms with E-state index in [-0.39, 0.29) is 24.0 Å². The molecule has 5 nitrogen and oxygen atoms in total. The zero-order valence-electron chi connectivity index (χ0n) is 17.2. The van der Waals surface area contributed by atoms with Crippen LogP contribution in [-0.2, 0) is 9.47 Å². The van der Waals surface area contributed by atoms with Crippen molar-refractivity contribution in [1.29, 1.82) is 0 Å². The first-order valence-corrected chi connectivity index (χ1v) is 9.80. The van der Waals surface area contributed by atoms with Gasteiger partial charge in [0.25, 0.3) is 0 Å². The van der Waals surface area contributed by atoms with Crippen LogP contribution in [-0.4, -0.2) is 64.0 Å². The highest BCUT2D eigenvalue weighted by atomic mass is 127. The van der Waals surface area contributed by atoms with E-state index in [1.165, 1.54) is 11.1 Å². The zero-order chi connectivity index (χ0) is 18.8. The molecule has 0 amide bonds. The highest BCUT2D eigenvalue weighted by Crippen LogP contribution is 2.19. The number of benzene rings is 1. The van der Waals surface area contributed by atoms with E-state index in [1.807, 2.05) is 0 Å². The average molecular weight is 489 g/mol. The minimum atomic E-state index is 0. The van der Waals surface area contributed by atoms with Crippen LogP contribution in [0.5, 0.6) is 0 Å². The molecule has 1 fully saturated rings. The van der Waals surface area contributed by atoms with Gasteiger partial charge in [-0.1, -0.05) is 36.8 Å². The molecule has 0 aliphatic carbocycles. The van der Waals surface area contributed by atoms with E-state index in [9.17, 15) is 0 Å². The maximum absolute atomic E-state index is 5.70. The van der Waals surface area contributed by atoms with Crippen molar-refractivity contribution in [2.24, 2.45) is 10.9 Å². The number of rotatable bonds is 9. The Hall–Kier alpha value is -0.860. The van der Waals surface area contributed by atoms with Gasteiger partial charge in [-0.25, -0.2) is 0 Å². The van der Waals surface area contributed by atoms with E-state index in [0.29, 0.717) is 25.0 Å². The molecule has 27 heavy (non-hydrogen) atoms. The summed E-state index contributed by atoms with van der Waals surface area (Å²) in [7, 11) is 1.71. The van der Waals surface area contributed by atoms with Crippen molar-refractivity contribution in [3.8, 4) is 0 Å². The van der Waals surface area contributed by atoms with Crippen molar-refractivity contribution in [3.63, 3.8) is 0 Å². The Labute approximate surface area is 181 Å². The summed E-state index contributed by atoms with van der Waals surface area (Å²) in [6, 6.07) is 8.78. The molecule has 1 aliphatic heterocycles. The molecule has 0 radical (unpaired) electrons. The minimum absolute atomic E-state index is 0. The van der Waals surface area contributed by atoms with Crippen molar-refractivity contribution >= 4 is 29.9 Å². The summed E-state index contributed by atoms with van der Waals surface area (Å²) in [5.41, 5.74) is 2.65. The van der Waals surface area contributed by atoms with Crippen molar-refractivity contribution in [2.75, 3.05) is 53.1 Å². The Morgan fingerprint density at radius 2 is 2.04 bits per heavy atom. The lowest BCUT2D eigenvalue weighted by atomic mass is 10.0. The van der Waals surface area contributed by atoms with E-state index in [2.05, 4.69) is 55.3 Å². The topological polar surface area (TPSA) is 46.1 Å². The molecule has 2 rings (SSSR count). The van der Waals surface area contributed by atoms with Gasteiger partial charge in [0.2, 0.25) is 0 Å². The van der Waals surface area contributed by atoms with Gasteiger partial charge in [0.15, 0.2) is 5.96 Å². The molecule has 1 N–H and O–H groups in total. The predicted molar refractivity (Wildman–Crippen MR) is 123 cm³/mol. The van der Waals surface area contributed by atoms with E-state index >= 15 is 0 Å². The summed E-state index contributed by atoms with van der Waals surface area (Å²) in [6.07, 6.45) is 1.16. The lowest BCUT2D eigenvalue weighted by Gasteiger charge is -2.22. The number of ether oxygens (including phenoxy) is 2. The normalized spacial score (nSPS) is 18.3. The van der Waals surface area contributed by atoms with E-state index in [4.69, 9.17) is 14.5 Å². The van der Waals surface area contributed by atoms with Gasteiger partial charge < -0.3 is 19.7 Å². The number of aliphatic imine (C=N–C) groups is 1. The van der Waals surface area contributed by atoms with Crippen LogP contribution in [0.4, 0.5) is 0 Å². The zero-order valence-corrected chi connectivity index (χ0v) is 19.6. The molecule has 0 aromatic heterocycles. The van der Waals surface area contributed by atoms with Gasteiger partial charge in [-0.3, -0.25) is 4.99 Å². The Kier molecular flexibility index (Phi) is 11.9. The van der Waals surface area contributed by atoms with Crippen LogP contribution in [0.2, 0.25) is 0 Å². The number of aryl methyl sites for hydroxylation is 1. The van der Waals surface area contributed by atoms with Gasteiger partial charge in [0.1, 0.15) is 0 Å². The van der Waals surface area contributed by atoms with Crippen LogP contribution in [0.3, 0.4) is 0 Å².